The summed E-state index contributed by atoms with van der Waals surface area (Å²) in [5, 5.41) is 12.5. The Labute approximate surface area is 237 Å². The molecule has 1 aromatic carbocycles. The van der Waals surface area contributed by atoms with Crippen molar-refractivity contribution in [2.24, 2.45) is 23.2 Å². The SMILES string of the molecule is CC(=O)OC1CC(OC(C)=O)C(C)(C)/C=C/[C@H](C)C(OC(C)=O)[C@@]2(O)C[C@H](C)[C@H](Oc3ccccc3)[C@@H]2/C=C/1C. The average molecular weight is 557 g/mol. The molecule has 0 aliphatic heterocycles. The molecular weight excluding hydrogens is 512 g/mol. The molecule has 1 fully saturated rings. The number of carbonyl (C=O) groups is 3. The van der Waals surface area contributed by atoms with Gasteiger partial charge in [0.2, 0.25) is 0 Å². The van der Waals surface area contributed by atoms with Crippen molar-refractivity contribution in [2.75, 3.05) is 0 Å². The predicted molar refractivity (Wildman–Crippen MR) is 150 cm³/mol. The quantitative estimate of drug-likeness (QED) is 0.300. The van der Waals surface area contributed by atoms with Crippen molar-refractivity contribution in [1.29, 1.82) is 0 Å². The smallest absolute Gasteiger partial charge is 0.303 e. The lowest BCUT2D eigenvalue weighted by Gasteiger charge is -2.41. The Morgan fingerprint density at radius 2 is 1.52 bits per heavy atom. The van der Waals surface area contributed by atoms with Crippen LogP contribution in [0.25, 0.3) is 0 Å². The van der Waals surface area contributed by atoms with Gasteiger partial charge >= 0.3 is 17.9 Å². The van der Waals surface area contributed by atoms with E-state index in [1.54, 1.807) is 0 Å². The van der Waals surface area contributed by atoms with Crippen LogP contribution in [0.1, 0.15) is 68.2 Å². The van der Waals surface area contributed by atoms with E-state index < -0.39 is 59.3 Å². The fourth-order valence-electron chi connectivity index (χ4n) is 6.06. The Morgan fingerprint density at radius 1 is 0.925 bits per heavy atom. The van der Waals surface area contributed by atoms with Gasteiger partial charge in [0, 0.05) is 44.4 Å². The topological polar surface area (TPSA) is 108 Å². The van der Waals surface area contributed by atoms with Crippen molar-refractivity contribution in [3.63, 3.8) is 0 Å². The lowest BCUT2D eigenvalue weighted by Crippen LogP contribution is -2.52. The molecule has 0 saturated heterocycles. The van der Waals surface area contributed by atoms with Crippen molar-refractivity contribution in [1.82, 2.24) is 0 Å². The normalized spacial score (nSPS) is 35.9. The van der Waals surface area contributed by atoms with Crippen LogP contribution < -0.4 is 4.74 Å². The molecule has 0 bridgehead atoms. The molecule has 1 saturated carbocycles. The van der Waals surface area contributed by atoms with Gasteiger partial charge < -0.3 is 24.1 Å². The van der Waals surface area contributed by atoms with Crippen LogP contribution in [0.2, 0.25) is 0 Å². The van der Waals surface area contributed by atoms with E-state index in [1.165, 1.54) is 20.8 Å². The van der Waals surface area contributed by atoms with Crippen LogP contribution in [0, 0.1) is 23.2 Å². The minimum atomic E-state index is -1.48. The van der Waals surface area contributed by atoms with Crippen LogP contribution in [-0.2, 0) is 28.6 Å². The van der Waals surface area contributed by atoms with Crippen LogP contribution in [0.5, 0.6) is 5.75 Å². The van der Waals surface area contributed by atoms with Gasteiger partial charge in [0.05, 0.1) is 0 Å². The summed E-state index contributed by atoms with van der Waals surface area (Å²) in [5.41, 5.74) is -1.46. The van der Waals surface area contributed by atoms with Crippen LogP contribution in [0.3, 0.4) is 0 Å². The predicted octanol–water partition coefficient (Wildman–Crippen LogP) is 5.18. The second kappa shape index (κ2) is 12.6. The zero-order valence-electron chi connectivity index (χ0n) is 24.9. The van der Waals surface area contributed by atoms with E-state index in [2.05, 4.69) is 0 Å². The zero-order chi connectivity index (χ0) is 29.8. The fourth-order valence-corrected chi connectivity index (χ4v) is 6.06. The molecule has 2 aliphatic carbocycles. The maximum atomic E-state index is 12.5. The second-order valence-corrected chi connectivity index (χ2v) is 12.0. The number of aliphatic hydroxyl groups is 1. The molecule has 3 unspecified atom stereocenters. The molecule has 220 valence electrons. The first kappa shape index (κ1) is 31.4. The molecule has 0 heterocycles. The van der Waals surface area contributed by atoms with E-state index in [0.717, 1.165) is 0 Å². The maximum Gasteiger partial charge on any atom is 0.303 e. The van der Waals surface area contributed by atoms with Gasteiger partial charge in [-0.15, -0.1) is 0 Å². The summed E-state index contributed by atoms with van der Waals surface area (Å²) in [4.78, 5) is 36.6. The Balaban J connectivity index is 2.22. The van der Waals surface area contributed by atoms with Crippen molar-refractivity contribution >= 4 is 17.9 Å². The third-order valence-electron chi connectivity index (χ3n) is 8.07. The molecule has 8 heteroatoms. The number of esters is 3. The largest absolute Gasteiger partial charge is 0.489 e. The summed E-state index contributed by atoms with van der Waals surface area (Å²) in [6, 6.07) is 9.38. The second-order valence-electron chi connectivity index (χ2n) is 12.0. The summed E-state index contributed by atoms with van der Waals surface area (Å²) in [6.07, 6.45) is 3.56. The highest BCUT2D eigenvalue weighted by atomic mass is 16.6. The molecule has 8 nitrogen and oxygen atoms in total. The van der Waals surface area contributed by atoms with E-state index in [4.69, 9.17) is 18.9 Å². The molecule has 1 aromatic rings. The van der Waals surface area contributed by atoms with E-state index in [-0.39, 0.29) is 18.3 Å². The highest BCUT2D eigenvalue weighted by molar-refractivity contribution is 5.67. The number of ether oxygens (including phenoxy) is 4. The average Bonchev–Trinajstić information content (AvgIpc) is 3.09. The summed E-state index contributed by atoms with van der Waals surface area (Å²) in [7, 11) is 0. The minimum Gasteiger partial charge on any atom is -0.489 e. The molecule has 0 aromatic heterocycles. The van der Waals surface area contributed by atoms with Crippen molar-refractivity contribution in [3.05, 3.63) is 54.1 Å². The first-order chi connectivity index (χ1) is 18.6. The Morgan fingerprint density at radius 3 is 2.10 bits per heavy atom. The third kappa shape index (κ3) is 7.33. The van der Waals surface area contributed by atoms with E-state index in [0.29, 0.717) is 17.7 Å². The van der Waals surface area contributed by atoms with Gasteiger partial charge in [0.25, 0.3) is 0 Å². The number of hydrogen-bond donors (Lipinski definition) is 1. The minimum absolute atomic E-state index is 0.101. The van der Waals surface area contributed by atoms with Gasteiger partial charge in [-0.1, -0.05) is 64.1 Å². The van der Waals surface area contributed by atoms with Crippen LogP contribution >= 0.6 is 0 Å². The maximum absolute atomic E-state index is 12.5. The first-order valence-electron chi connectivity index (χ1n) is 14.0. The van der Waals surface area contributed by atoms with Crippen LogP contribution in [0.4, 0.5) is 0 Å². The molecule has 8 atom stereocenters. The van der Waals surface area contributed by atoms with Gasteiger partial charge in [-0.2, -0.15) is 0 Å². The lowest BCUT2D eigenvalue weighted by molar-refractivity contribution is -0.173. The number of para-hydroxylation sites is 1. The van der Waals surface area contributed by atoms with Gasteiger partial charge in [0.1, 0.15) is 35.8 Å². The number of fused-ring (bicyclic) bond motifs is 1. The Bertz CT molecular complexity index is 1120. The van der Waals surface area contributed by atoms with E-state index >= 15 is 0 Å². The Kier molecular flexibility index (Phi) is 9.88. The fraction of sp³-hybridized carbons (Fsp3) is 0.594. The molecular formula is C32H44O8. The number of hydrogen-bond acceptors (Lipinski definition) is 8. The molecule has 1 N–H and O–H groups in total. The third-order valence-corrected chi connectivity index (χ3v) is 8.07. The molecule has 0 spiro atoms. The Hall–Kier alpha value is -3.13. The molecule has 3 rings (SSSR count). The molecule has 0 amide bonds. The summed E-state index contributed by atoms with van der Waals surface area (Å²) < 4.78 is 23.8. The van der Waals surface area contributed by atoms with Crippen LogP contribution in [-0.4, -0.2) is 53.0 Å². The van der Waals surface area contributed by atoms with Crippen molar-refractivity contribution in [2.45, 2.75) is 98.2 Å². The zero-order valence-corrected chi connectivity index (χ0v) is 24.9. The van der Waals surface area contributed by atoms with Crippen molar-refractivity contribution < 1.29 is 38.4 Å². The van der Waals surface area contributed by atoms with E-state index in [9.17, 15) is 19.5 Å². The highest BCUT2D eigenvalue weighted by Gasteiger charge is 2.58. The highest BCUT2D eigenvalue weighted by Crippen LogP contribution is 2.48. The van der Waals surface area contributed by atoms with Gasteiger partial charge in [-0.3, -0.25) is 14.4 Å². The molecule has 2 aliphatic rings. The first-order valence-corrected chi connectivity index (χ1v) is 14.0. The number of benzene rings is 1. The standard InChI is InChI=1S/C32H44O8/c1-19-14-15-31(7,8)28(38-23(5)34)17-27(37-22(4)33)20(2)16-26-29(40-25-12-10-9-11-13-25)21(3)18-32(26,36)30(19)39-24(6)35/h9-16,19,21,26-30,36H,17-18H2,1-8H3/b15-14+,20-16+/t19-,21-,26-,27?,28?,29-,30?,32+/m0/s1. The summed E-state index contributed by atoms with van der Waals surface area (Å²) in [6.45, 7) is 13.6. The summed E-state index contributed by atoms with van der Waals surface area (Å²) in [5.74, 6) is -1.85. The van der Waals surface area contributed by atoms with Gasteiger partial charge in [0.15, 0.2) is 0 Å². The van der Waals surface area contributed by atoms with E-state index in [1.807, 2.05) is 83.2 Å². The number of rotatable bonds is 5. The lowest BCUT2D eigenvalue weighted by atomic mass is 9.75. The molecule has 40 heavy (non-hydrogen) atoms. The summed E-state index contributed by atoms with van der Waals surface area (Å²) >= 11 is 0. The monoisotopic (exact) mass is 556 g/mol. The number of carbonyl (C=O) groups excluding carboxylic acids is 3. The van der Waals surface area contributed by atoms with Crippen molar-refractivity contribution in [3.8, 4) is 5.75 Å². The van der Waals surface area contributed by atoms with Gasteiger partial charge in [-0.25, -0.2) is 0 Å². The molecule has 0 radical (unpaired) electrons. The van der Waals surface area contributed by atoms with Crippen LogP contribution in [0.15, 0.2) is 54.1 Å². The van der Waals surface area contributed by atoms with Gasteiger partial charge in [-0.05, 0) is 37.0 Å².